The van der Waals surface area contributed by atoms with Crippen LogP contribution in [0.2, 0.25) is 0 Å². The normalized spacial score (nSPS) is 16.0. The summed E-state index contributed by atoms with van der Waals surface area (Å²) >= 11 is 0. The van der Waals surface area contributed by atoms with Crippen LogP contribution in [0.4, 0.5) is 17.3 Å². The maximum absolute atomic E-state index is 10.8. The number of carbonyl (C=O) groups is 1. The molecule has 2 aromatic rings. The number of carbonyl (C=O) groups excluding carboxylic acids is 1. The molecule has 1 aromatic heterocycles. The molecule has 0 unspecified atom stereocenters. The third-order valence-electron chi connectivity index (χ3n) is 4.26. The molecule has 0 saturated carbocycles. The fourth-order valence-electron chi connectivity index (χ4n) is 2.96. The fourth-order valence-corrected chi connectivity index (χ4v) is 2.96. The molecule has 0 bridgehead atoms. The van der Waals surface area contributed by atoms with Gasteiger partial charge in [-0.1, -0.05) is 0 Å². The number of nitrogens with one attached hydrogen (secondary N) is 1. The summed E-state index contributed by atoms with van der Waals surface area (Å²) in [5, 5.41) is 3.29. The van der Waals surface area contributed by atoms with Crippen molar-refractivity contribution >= 4 is 23.7 Å². The van der Waals surface area contributed by atoms with Crippen molar-refractivity contribution in [3.05, 3.63) is 30.1 Å². The zero-order chi connectivity index (χ0) is 17.2. The van der Waals surface area contributed by atoms with Gasteiger partial charge in [-0.25, -0.2) is 9.97 Å². The molecule has 1 fully saturated rings. The smallest absolute Gasteiger partial charge is 0.231 e. The van der Waals surface area contributed by atoms with Gasteiger partial charge in [-0.05, 0) is 19.1 Å². The van der Waals surface area contributed by atoms with Crippen molar-refractivity contribution in [2.45, 2.75) is 6.92 Å². The van der Waals surface area contributed by atoms with E-state index in [1.54, 1.807) is 4.90 Å². The molecular formula is C17H19N5O3. The van der Waals surface area contributed by atoms with Gasteiger partial charge in [-0.2, -0.15) is 0 Å². The lowest BCUT2D eigenvalue weighted by Crippen LogP contribution is -2.46. The molecule has 0 aliphatic carbocycles. The molecule has 1 aromatic carbocycles. The van der Waals surface area contributed by atoms with Gasteiger partial charge in [0.15, 0.2) is 11.5 Å². The topological polar surface area (TPSA) is 79.8 Å². The Kier molecular flexibility index (Phi) is 4.01. The summed E-state index contributed by atoms with van der Waals surface area (Å²) in [6.07, 6.45) is 0.898. The Balaban J connectivity index is 1.52. The minimum absolute atomic E-state index is 0.252. The highest BCUT2D eigenvalue weighted by Crippen LogP contribution is 2.35. The van der Waals surface area contributed by atoms with Crippen LogP contribution in [0.3, 0.4) is 0 Å². The van der Waals surface area contributed by atoms with Gasteiger partial charge in [0.2, 0.25) is 13.2 Å². The van der Waals surface area contributed by atoms with Crippen molar-refractivity contribution in [2.75, 3.05) is 43.2 Å². The highest BCUT2D eigenvalue weighted by atomic mass is 16.7. The first-order valence-corrected chi connectivity index (χ1v) is 8.18. The number of fused-ring (bicyclic) bond motifs is 1. The number of anilines is 3. The second kappa shape index (κ2) is 6.46. The predicted molar refractivity (Wildman–Crippen MR) is 92.5 cm³/mol. The number of benzene rings is 1. The van der Waals surface area contributed by atoms with Crippen LogP contribution in [0.15, 0.2) is 24.3 Å². The Morgan fingerprint density at radius 3 is 2.68 bits per heavy atom. The van der Waals surface area contributed by atoms with Crippen LogP contribution in [0.1, 0.15) is 5.82 Å². The Bertz CT molecular complexity index is 790. The first-order valence-electron chi connectivity index (χ1n) is 8.18. The van der Waals surface area contributed by atoms with Gasteiger partial charge in [0, 0.05) is 44.0 Å². The molecular weight excluding hydrogens is 322 g/mol. The first-order chi connectivity index (χ1) is 12.2. The summed E-state index contributed by atoms with van der Waals surface area (Å²) in [6, 6.07) is 7.61. The number of hydrogen-bond donors (Lipinski definition) is 1. The number of aryl methyl sites for hydroxylation is 1. The lowest BCUT2D eigenvalue weighted by atomic mass is 10.2. The maximum Gasteiger partial charge on any atom is 0.231 e. The van der Waals surface area contributed by atoms with Crippen molar-refractivity contribution in [3.63, 3.8) is 0 Å². The SMILES string of the molecule is Cc1nc(Nc2ccc3c(c2)OCO3)cc(N2CCN(C=O)CC2)n1. The first kappa shape index (κ1) is 15.5. The van der Waals surface area contributed by atoms with Crippen molar-refractivity contribution < 1.29 is 14.3 Å². The molecule has 8 nitrogen and oxygen atoms in total. The zero-order valence-corrected chi connectivity index (χ0v) is 13.9. The van der Waals surface area contributed by atoms with Gasteiger partial charge in [-0.3, -0.25) is 4.79 Å². The summed E-state index contributed by atoms with van der Waals surface area (Å²) < 4.78 is 10.7. The predicted octanol–water partition coefficient (Wildman–Crippen LogP) is 1.54. The molecule has 0 radical (unpaired) electrons. The number of amides is 1. The lowest BCUT2D eigenvalue weighted by Gasteiger charge is -2.33. The third-order valence-corrected chi connectivity index (χ3v) is 4.26. The average Bonchev–Trinajstić information content (AvgIpc) is 3.09. The van der Waals surface area contributed by atoms with E-state index in [4.69, 9.17) is 9.47 Å². The molecule has 1 N–H and O–H groups in total. The number of hydrogen-bond acceptors (Lipinski definition) is 7. The van der Waals surface area contributed by atoms with Gasteiger partial charge >= 0.3 is 0 Å². The standard InChI is InChI=1S/C17H19N5O3/c1-12-18-16(20-13-2-3-14-15(8-13)25-11-24-14)9-17(19-12)22-6-4-21(10-23)5-7-22/h2-3,8-10H,4-7,11H2,1H3,(H,18,19,20). The Hall–Kier alpha value is -3.03. The van der Waals surface area contributed by atoms with E-state index in [9.17, 15) is 4.79 Å². The van der Waals surface area contributed by atoms with Gasteiger partial charge in [-0.15, -0.1) is 0 Å². The molecule has 4 rings (SSSR count). The van der Waals surface area contributed by atoms with Crippen molar-refractivity contribution in [1.82, 2.24) is 14.9 Å². The summed E-state index contributed by atoms with van der Waals surface area (Å²) in [4.78, 5) is 23.8. The van der Waals surface area contributed by atoms with Gasteiger partial charge in [0.1, 0.15) is 17.5 Å². The second-order valence-electron chi connectivity index (χ2n) is 5.98. The Morgan fingerprint density at radius 2 is 1.88 bits per heavy atom. The fraction of sp³-hybridized carbons (Fsp3) is 0.353. The van der Waals surface area contributed by atoms with Crippen LogP contribution in [-0.4, -0.2) is 54.2 Å². The molecule has 3 heterocycles. The van der Waals surface area contributed by atoms with E-state index in [0.29, 0.717) is 18.9 Å². The van der Waals surface area contributed by atoms with Crippen LogP contribution in [0.25, 0.3) is 0 Å². The molecule has 8 heteroatoms. The number of ether oxygens (including phenoxy) is 2. The van der Waals surface area contributed by atoms with Crippen molar-refractivity contribution in [1.29, 1.82) is 0 Å². The summed E-state index contributed by atoms with van der Waals surface area (Å²) in [6.45, 7) is 5.06. The van der Waals surface area contributed by atoms with Gasteiger partial charge in [0.05, 0.1) is 0 Å². The van der Waals surface area contributed by atoms with Crippen LogP contribution < -0.4 is 19.7 Å². The van der Waals surface area contributed by atoms with Crippen LogP contribution in [-0.2, 0) is 4.79 Å². The highest BCUT2D eigenvalue weighted by molar-refractivity contribution is 5.64. The number of nitrogens with zero attached hydrogens (tertiary/aromatic N) is 4. The average molecular weight is 341 g/mol. The second-order valence-corrected chi connectivity index (χ2v) is 5.98. The number of aromatic nitrogens is 2. The summed E-state index contributed by atoms with van der Waals surface area (Å²) in [5.41, 5.74) is 0.874. The van der Waals surface area contributed by atoms with Gasteiger partial charge < -0.3 is 24.6 Å². The zero-order valence-electron chi connectivity index (χ0n) is 13.9. The molecule has 1 amide bonds. The number of piperazine rings is 1. The van der Waals surface area contributed by atoms with E-state index in [1.807, 2.05) is 31.2 Å². The van der Waals surface area contributed by atoms with Crippen molar-refractivity contribution in [2.24, 2.45) is 0 Å². The number of rotatable bonds is 4. The maximum atomic E-state index is 10.8. The molecule has 0 atom stereocenters. The summed E-state index contributed by atoms with van der Waals surface area (Å²) in [5.74, 6) is 3.75. The molecule has 0 spiro atoms. The monoisotopic (exact) mass is 341 g/mol. The van der Waals surface area contributed by atoms with Crippen LogP contribution >= 0.6 is 0 Å². The lowest BCUT2D eigenvalue weighted by molar-refractivity contribution is -0.118. The van der Waals surface area contributed by atoms with E-state index >= 15 is 0 Å². The largest absolute Gasteiger partial charge is 0.454 e. The quantitative estimate of drug-likeness (QED) is 0.845. The van der Waals surface area contributed by atoms with Crippen LogP contribution in [0, 0.1) is 6.92 Å². The van der Waals surface area contributed by atoms with E-state index in [-0.39, 0.29) is 6.79 Å². The highest BCUT2D eigenvalue weighted by Gasteiger charge is 2.18. The molecule has 25 heavy (non-hydrogen) atoms. The minimum atomic E-state index is 0.252. The summed E-state index contributed by atoms with van der Waals surface area (Å²) in [7, 11) is 0. The molecule has 130 valence electrons. The van der Waals surface area contributed by atoms with E-state index in [2.05, 4.69) is 20.2 Å². The van der Waals surface area contributed by atoms with Crippen molar-refractivity contribution in [3.8, 4) is 11.5 Å². The molecule has 2 aliphatic heterocycles. The molecule has 2 aliphatic rings. The third kappa shape index (κ3) is 3.28. The minimum Gasteiger partial charge on any atom is -0.454 e. The van der Waals surface area contributed by atoms with E-state index in [0.717, 1.165) is 48.3 Å². The Labute approximate surface area is 145 Å². The molecule has 1 saturated heterocycles. The van der Waals surface area contributed by atoms with E-state index in [1.165, 1.54) is 0 Å². The Morgan fingerprint density at radius 1 is 1.08 bits per heavy atom. The van der Waals surface area contributed by atoms with Crippen LogP contribution in [0.5, 0.6) is 11.5 Å². The van der Waals surface area contributed by atoms with E-state index < -0.39 is 0 Å². The van der Waals surface area contributed by atoms with Gasteiger partial charge in [0.25, 0.3) is 0 Å².